The highest BCUT2D eigenvalue weighted by Crippen LogP contribution is 2.21. The van der Waals surface area contributed by atoms with Crippen molar-refractivity contribution in [3.63, 3.8) is 0 Å². The summed E-state index contributed by atoms with van der Waals surface area (Å²) in [6, 6.07) is 11.4. The van der Waals surface area contributed by atoms with Gasteiger partial charge in [-0.05, 0) is 36.8 Å². The Balaban J connectivity index is 2.25. The van der Waals surface area contributed by atoms with E-state index in [0.717, 1.165) is 5.56 Å². The van der Waals surface area contributed by atoms with Gasteiger partial charge in [-0.2, -0.15) is 0 Å². The fraction of sp³-hybridized carbons (Fsp3) is 0.0667. The largest absolute Gasteiger partial charge is 0.478 e. The molecule has 0 unspecified atom stereocenters. The Labute approximate surface area is 116 Å². The van der Waals surface area contributed by atoms with Crippen LogP contribution >= 0.6 is 0 Å². The molecule has 4 N–H and O–H groups in total. The van der Waals surface area contributed by atoms with E-state index in [-0.39, 0.29) is 17.2 Å². The minimum atomic E-state index is -1.06. The van der Waals surface area contributed by atoms with Crippen LogP contribution in [0, 0.1) is 6.92 Å². The first-order valence-corrected chi connectivity index (χ1v) is 5.99. The standard InChI is InChI=1S/C15H14N2O3/c1-9-4-2-3-5-11(9)14(18)17-13-7-6-10(15(19)20)8-12(13)16/h2-8H,16H2,1H3,(H,17,18)(H,19,20). The highest BCUT2D eigenvalue weighted by molar-refractivity contribution is 6.07. The normalized spacial score (nSPS) is 10.1. The first kappa shape index (κ1) is 13.6. The van der Waals surface area contributed by atoms with Crippen LogP contribution in [-0.4, -0.2) is 17.0 Å². The number of carbonyl (C=O) groups is 2. The van der Waals surface area contributed by atoms with Gasteiger partial charge in [0, 0.05) is 5.56 Å². The van der Waals surface area contributed by atoms with Crippen LogP contribution in [0.2, 0.25) is 0 Å². The molecule has 0 radical (unpaired) electrons. The molecule has 0 saturated carbocycles. The summed E-state index contributed by atoms with van der Waals surface area (Å²) < 4.78 is 0. The Morgan fingerprint density at radius 2 is 1.85 bits per heavy atom. The highest BCUT2D eigenvalue weighted by Gasteiger charge is 2.11. The molecule has 102 valence electrons. The lowest BCUT2D eigenvalue weighted by molar-refractivity contribution is 0.0697. The number of amides is 1. The quantitative estimate of drug-likeness (QED) is 0.747. The van der Waals surface area contributed by atoms with Crippen molar-refractivity contribution < 1.29 is 14.7 Å². The van der Waals surface area contributed by atoms with Crippen LogP contribution in [0.3, 0.4) is 0 Å². The number of benzene rings is 2. The van der Waals surface area contributed by atoms with Crippen molar-refractivity contribution >= 4 is 23.3 Å². The van der Waals surface area contributed by atoms with Gasteiger partial charge in [0.05, 0.1) is 16.9 Å². The van der Waals surface area contributed by atoms with Gasteiger partial charge in [-0.3, -0.25) is 4.79 Å². The van der Waals surface area contributed by atoms with Crippen LogP contribution in [0.1, 0.15) is 26.3 Å². The second-order valence-corrected chi connectivity index (χ2v) is 4.38. The third-order valence-electron chi connectivity index (χ3n) is 2.94. The van der Waals surface area contributed by atoms with Gasteiger partial charge in [-0.25, -0.2) is 4.79 Å². The molecule has 0 aliphatic rings. The molecule has 0 spiro atoms. The van der Waals surface area contributed by atoms with E-state index in [1.165, 1.54) is 18.2 Å². The average Bonchev–Trinajstić information content (AvgIpc) is 2.41. The highest BCUT2D eigenvalue weighted by atomic mass is 16.4. The minimum Gasteiger partial charge on any atom is -0.478 e. The van der Waals surface area contributed by atoms with Crippen molar-refractivity contribution in [2.75, 3.05) is 11.1 Å². The van der Waals surface area contributed by atoms with E-state index in [2.05, 4.69) is 5.32 Å². The van der Waals surface area contributed by atoms with Crippen molar-refractivity contribution in [1.82, 2.24) is 0 Å². The number of nitrogen functional groups attached to an aromatic ring is 1. The van der Waals surface area contributed by atoms with E-state index in [9.17, 15) is 9.59 Å². The maximum Gasteiger partial charge on any atom is 0.335 e. The van der Waals surface area contributed by atoms with Gasteiger partial charge in [-0.1, -0.05) is 18.2 Å². The van der Waals surface area contributed by atoms with Crippen molar-refractivity contribution in [3.05, 3.63) is 59.2 Å². The van der Waals surface area contributed by atoms with E-state index in [0.29, 0.717) is 11.3 Å². The van der Waals surface area contributed by atoms with Crippen LogP contribution in [0.4, 0.5) is 11.4 Å². The number of aryl methyl sites for hydroxylation is 1. The summed E-state index contributed by atoms with van der Waals surface area (Å²) in [5.41, 5.74) is 7.83. The molecule has 0 fully saturated rings. The van der Waals surface area contributed by atoms with Crippen LogP contribution < -0.4 is 11.1 Å². The minimum absolute atomic E-state index is 0.0800. The number of aromatic carboxylic acids is 1. The van der Waals surface area contributed by atoms with Crippen LogP contribution in [-0.2, 0) is 0 Å². The average molecular weight is 270 g/mol. The fourth-order valence-electron chi connectivity index (χ4n) is 1.83. The number of carboxylic acid groups (broad SMARTS) is 1. The lowest BCUT2D eigenvalue weighted by Crippen LogP contribution is -2.14. The molecule has 0 heterocycles. The van der Waals surface area contributed by atoms with Crippen molar-refractivity contribution in [2.45, 2.75) is 6.92 Å². The molecular formula is C15H14N2O3. The molecule has 0 saturated heterocycles. The van der Waals surface area contributed by atoms with E-state index >= 15 is 0 Å². The number of carboxylic acids is 1. The summed E-state index contributed by atoms with van der Waals surface area (Å²) in [4.78, 5) is 22.9. The number of nitrogens with two attached hydrogens (primary N) is 1. The number of rotatable bonds is 3. The molecular weight excluding hydrogens is 256 g/mol. The zero-order valence-corrected chi connectivity index (χ0v) is 10.9. The molecule has 2 rings (SSSR count). The first-order valence-electron chi connectivity index (χ1n) is 5.99. The summed E-state index contributed by atoms with van der Waals surface area (Å²) in [6.07, 6.45) is 0. The second-order valence-electron chi connectivity index (χ2n) is 4.38. The van der Waals surface area contributed by atoms with E-state index in [1.807, 2.05) is 19.1 Å². The van der Waals surface area contributed by atoms with Crippen molar-refractivity contribution in [3.8, 4) is 0 Å². The third kappa shape index (κ3) is 2.77. The number of carbonyl (C=O) groups excluding carboxylic acids is 1. The number of hydrogen-bond acceptors (Lipinski definition) is 3. The Kier molecular flexibility index (Phi) is 3.70. The number of hydrogen-bond donors (Lipinski definition) is 3. The molecule has 2 aromatic carbocycles. The maximum absolute atomic E-state index is 12.1. The predicted octanol–water partition coefficient (Wildman–Crippen LogP) is 2.53. The lowest BCUT2D eigenvalue weighted by atomic mass is 10.1. The molecule has 0 aromatic heterocycles. The first-order chi connectivity index (χ1) is 9.49. The van der Waals surface area contributed by atoms with Crippen molar-refractivity contribution in [2.24, 2.45) is 0 Å². The zero-order valence-electron chi connectivity index (χ0n) is 10.9. The van der Waals surface area contributed by atoms with Gasteiger partial charge in [-0.15, -0.1) is 0 Å². The second kappa shape index (κ2) is 5.44. The number of nitrogens with one attached hydrogen (secondary N) is 1. The molecule has 0 bridgehead atoms. The zero-order chi connectivity index (χ0) is 14.7. The molecule has 0 aliphatic heterocycles. The molecule has 5 heteroatoms. The third-order valence-corrected chi connectivity index (χ3v) is 2.94. The fourth-order valence-corrected chi connectivity index (χ4v) is 1.83. The van der Waals surface area contributed by atoms with Gasteiger partial charge in [0.15, 0.2) is 0 Å². The Morgan fingerprint density at radius 1 is 1.15 bits per heavy atom. The predicted molar refractivity (Wildman–Crippen MR) is 76.9 cm³/mol. The van der Waals surface area contributed by atoms with Crippen molar-refractivity contribution in [1.29, 1.82) is 0 Å². The molecule has 5 nitrogen and oxygen atoms in total. The summed E-state index contributed by atoms with van der Waals surface area (Å²) in [5, 5.41) is 11.5. The van der Waals surface area contributed by atoms with E-state index in [4.69, 9.17) is 10.8 Å². The van der Waals surface area contributed by atoms with Gasteiger partial charge in [0.2, 0.25) is 0 Å². The van der Waals surface area contributed by atoms with Gasteiger partial charge >= 0.3 is 5.97 Å². The summed E-state index contributed by atoms with van der Waals surface area (Å²) >= 11 is 0. The number of anilines is 2. The van der Waals surface area contributed by atoms with Gasteiger partial charge < -0.3 is 16.2 Å². The maximum atomic E-state index is 12.1. The Bertz CT molecular complexity index is 681. The van der Waals surface area contributed by atoms with Crippen LogP contribution in [0.15, 0.2) is 42.5 Å². The molecule has 0 atom stereocenters. The van der Waals surface area contributed by atoms with Gasteiger partial charge in [0.1, 0.15) is 0 Å². The molecule has 2 aromatic rings. The monoisotopic (exact) mass is 270 g/mol. The summed E-state index contributed by atoms with van der Waals surface area (Å²) in [7, 11) is 0. The molecule has 0 aliphatic carbocycles. The lowest BCUT2D eigenvalue weighted by Gasteiger charge is -2.10. The van der Waals surface area contributed by atoms with Crippen LogP contribution in [0.25, 0.3) is 0 Å². The molecule has 1 amide bonds. The van der Waals surface area contributed by atoms with Gasteiger partial charge in [0.25, 0.3) is 5.91 Å². The topological polar surface area (TPSA) is 92.4 Å². The van der Waals surface area contributed by atoms with E-state index < -0.39 is 5.97 Å². The summed E-state index contributed by atoms with van der Waals surface area (Å²) in [5.74, 6) is -1.34. The Hall–Kier alpha value is -2.82. The smallest absolute Gasteiger partial charge is 0.335 e. The van der Waals surface area contributed by atoms with Crippen LogP contribution in [0.5, 0.6) is 0 Å². The Morgan fingerprint density at radius 3 is 2.45 bits per heavy atom. The van der Waals surface area contributed by atoms with E-state index in [1.54, 1.807) is 12.1 Å². The SMILES string of the molecule is Cc1ccccc1C(=O)Nc1ccc(C(=O)O)cc1N. The molecule has 20 heavy (non-hydrogen) atoms. The summed E-state index contributed by atoms with van der Waals surface area (Å²) in [6.45, 7) is 1.84.